The molecule has 0 aromatic carbocycles. The van der Waals surface area contributed by atoms with E-state index >= 15 is 0 Å². The molecule has 0 radical (unpaired) electrons. The molecule has 1 rings (SSSR count). The van der Waals surface area contributed by atoms with Gasteiger partial charge < -0.3 is 15.8 Å². The Balaban J connectivity index is 0.000000241. The Hall–Kier alpha value is -1.10. The largest absolute Gasteiger partial charge is 0.466 e. The van der Waals surface area contributed by atoms with Gasteiger partial charge in [0.05, 0.1) is 12.6 Å². The van der Waals surface area contributed by atoms with Crippen LogP contribution in [0.2, 0.25) is 0 Å². The molecule has 1 heterocycles. The number of ether oxygens (including phenoxy) is 1. The number of amides is 1. The van der Waals surface area contributed by atoms with Crippen molar-refractivity contribution in [3.05, 3.63) is 0 Å². The molecular weight excluding hydrogens is 184 g/mol. The molecule has 5 nitrogen and oxygen atoms in total. The minimum atomic E-state index is -0.236. The van der Waals surface area contributed by atoms with E-state index in [1.807, 2.05) is 0 Å². The van der Waals surface area contributed by atoms with Gasteiger partial charge >= 0.3 is 5.97 Å². The lowest BCUT2D eigenvalue weighted by atomic mass is 10.3. The molecule has 0 aromatic rings. The van der Waals surface area contributed by atoms with Gasteiger partial charge in [0.2, 0.25) is 5.91 Å². The molecule has 1 amide bonds. The summed E-state index contributed by atoms with van der Waals surface area (Å²) in [4.78, 5) is 20.5. The normalized spacial score (nSPS) is 19.4. The Morgan fingerprint density at radius 1 is 1.64 bits per heavy atom. The topological polar surface area (TPSA) is 81.4 Å². The van der Waals surface area contributed by atoms with E-state index in [9.17, 15) is 9.59 Å². The maximum atomic E-state index is 10.3. The summed E-state index contributed by atoms with van der Waals surface area (Å²) in [5.41, 5.74) is 5.27. The van der Waals surface area contributed by atoms with Crippen LogP contribution in [0.1, 0.15) is 26.7 Å². The van der Waals surface area contributed by atoms with Crippen molar-refractivity contribution in [2.24, 2.45) is 5.73 Å². The highest BCUT2D eigenvalue weighted by Crippen LogP contribution is 1.93. The number of hydrogen-bond acceptors (Lipinski definition) is 4. The van der Waals surface area contributed by atoms with Crippen molar-refractivity contribution < 1.29 is 14.3 Å². The number of esters is 1. The average Bonchev–Trinajstić information content (AvgIpc) is 2.52. The van der Waals surface area contributed by atoms with Crippen molar-refractivity contribution >= 4 is 11.9 Å². The van der Waals surface area contributed by atoms with Gasteiger partial charge in [0.1, 0.15) is 0 Å². The molecule has 1 unspecified atom stereocenters. The van der Waals surface area contributed by atoms with Crippen LogP contribution in [0.5, 0.6) is 0 Å². The van der Waals surface area contributed by atoms with Crippen LogP contribution in [0, 0.1) is 0 Å². The van der Waals surface area contributed by atoms with Gasteiger partial charge in [-0.15, -0.1) is 0 Å². The number of hydrogen-bond donors (Lipinski definition) is 2. The molecule has 1 aliphatic heterocycles. The lowest BCUT2D eigenvalue weighted by Crippen LogP contribution is -2.29. The second-order valence-electron chi connectivity index (χ2n) is 2.84. The number of carbonyl (C=O) groups is 2. The van der Waals surface area contributed by atoms with Crippen LogP contribution in [0.15, 0.2) is 0 Å². The van der Waals surface area contributed by atoms with Crippen molar-refractivity contribution in [2.75, 3.05) is 13.2 Å². The van der Waals surface area contributed by atoms with Crippen molar-refractivity contribution in [3.8, 4) is 0 Å². The molecular formula is C9H18N2O3. The Labute approximate surface area is 84.0 Å². The van der Waals surface area contributed by atoms with Gasteiger partial charge in [-0.05, 0) is 13.3 Å². The highest BCUT2D eigenvalue weighted by atomic mass is 16.5. The fourth-order valence-corrected chi connectivity index (χ4v) is 0.876. The molecule has 0 aromatic heterocycles. The second kappa shape index (κ2) is 7.32. The highest BCUT2D eigenvalue weighted by molar-refractivity contribution is 5.83. The first-order chi connectivity index (χ1) is 6.61. The molecule has 1 atom stereocenters. The first-order valence-corrected chi connectivity index (χ1v) is 4.80. The zero-order chi connectivity index (χ0) is 11.0. The van der Waals surface area contributed by atoms with Crippen molar-refractivity contribution in [1.82, 2.24) is 5.32 Å². The van der Waals surface area contributed by atoms with Crippen molar-refractivity contribution in [2.45, 2.75) is 32.7 Å². The molecule has 3 N–H and O–H groups in total. The van der Waals surface area contributed by atoms with Gasteiger partial charge in [-0.2, -0.15) is 0 Å². The summed E-state index contributed by atoms with van der Waals surface area (Å²) in [6.45, 7) is 4.82. The van der Waals surface area contributed by atoms with Crippen LogP contribution in [-0.4, -0.2) is 31.1 Å². The summed E-state index contributed by atoms with van der Waals surface area (Å²) >= 11 is 0. The second-order valence-corrected chi connectivity index (χ2v) is 2.84. The molecule has 14 heavy (non-hydrogen) atoms. The molecule has 0 spiro atoms. The fourth-order valence-electron chi connectivity index (χ4n) is 0.876. The van der Waals surface area contributed by atoms with Gasteiger partial charge in [-0.25, -0.2) is 0 Å². The maximum absolute atomic E-state index is 10.3. The van der Waals surface area contributed by atoms with E-state index in [1.165, 1.54) is 0 Å². The predicted molar refractivity (Wildman–Crippen MR) is 52.5 cm³/mol. The first kappa shape index (κ1) is 12.9. The molecule has 1 saturated heterocycles. The van der Waals surface area contributed by atoms with Crippen LogP contribution in [-0.2, 0) is 14.3 Å². The minimum absolute atomic E-state index is 0.0139. The summed E-state index contributed by atoms with van der Waals surface area (Å²) < 4.78 is 4.55. The number of nitrogens with one attached hydrogen (secondary N) is 1. The van der Waals surface area contributed by atoms with Gasteiger partial charge in [0.15, 0.2) is 0 Å². The molecule has 0 bridgehead atoms. The van der Waals surface area contributed by atoms with E-state index in [-0.39, 0.29) is 17.9 Å². The smallest absolute Gasteiger partial charge is 0.305 e. The summed E-state index contributed by atoms with van der Waals surface area (Å²) in [7, 11) is 0. The van der Waals surface area contributed by atoms with E-state index in [0.29, 0.717) is 13.0 Å². The Bertz CT molecular complexity index is 194. The standard InChI is InChI=1S/C5H10O2.C4H8N2O/c1-3-5(6)7-4-2;5-3-1-2-6-4(3)7/h3-4H2,1-2H3;3H,1-2,5H2,(H,6,7). The third-order valence-corrected chi connectivity index (χ3v) is 1.69. The first-order valence-electron chi connectivity index (χ1n) is 4.80. The third-order valence-electron chi connectivity index (χ3n) is 1.69. The summed E-state index contributed by atoms with van der Waals surface area (Å²) in [6.07, 6.45) is 1.27. The predicted octanol–water partition coefficient (Wildman–Crippen LogP) is -0.207. The van der Waals surface area contributed by atoms with Gasteiger partial charge in [-0.3, -0.25) is 9.59 Å². The Kier molecular flexibility index (Phi) is 6.74. The molecule has 0 saturated carbocycles. The third kappa shape index (κ3) is 5.53. The van der Waals surface area contributed by atoms with E-state index in [0.717, 1.165) is 13.0 Å². The van der Waals surface area contributed by atoms with Crippen LogP contribution in [0.25, 0.3) is 0 Å². The zero-order valence-corrected chi connectivity index (χ0v) is 8.71. The average molecular weight is 202 g/mol. The van der Waals surface area contributed by atoms with Crippen LogP contribution in [0.4, 0.5) is 0 Å². The number of nitrogens with two attached hydrogens (primary N) is 1. The molecule has 82 valence electrons. The van der Waals surface area contributed by atoms with Gasteiger partial charge in [0.25, 0.3) is 0 Å². The summed E-state index contributed by atoms with van der Waals surface area (Å²) in [5, 5.41) is 2.61. The van der Waals surface area contributed by atoms with Crippen LogP contribution in [0.3, 0.4) is 0 Å². The summed E-state index contributed by atoms with van der Waals surface area (Å²) in [5.74, 6) is -0.137. The fraction of sp³-hybridized carbons (Fsp3) is 0.778. The van der Waals surface area contributed by atoms with E-state index in [2.05, 4.69) is 10.1 Å². The quantitative estimate of drug-likeness (QED) is 0.607. The van der Waals surface area contributed by atoms with Crippen molar-refractivity contribution in [1.29, 1.82) is 0 Å². The maximum Gasteiger partial charge on any atom is 0.305 e. The van der Waals surface area contributed by atoms with E-state index in [4.69, 9.17) is 5.73 Å². The zero-order valence-electron chi connectivity index (χ0n) is 8.71. The summed E-state index contributed by atoms with van der Waals surface area (Å²) in [6, 6.07) is -0.236. The highest BCUT2D eigenvalue weighted by Gasteiger charge is 2.18. The number of rotatable bonds is 2. The minimum Gasteiger partial charge on any atom is -0.466 e. The molecule has 5 heteroatoms. The van der Waals surface area contributed by atoms with E-state index in [1.54, 1.807) is 13.8 Å². The molecule has 1 aliphatic rings. The lowest BCUT2D eigenvalue weighted by molar-refractivity contribution is -0.142. The molecule has 1 fully saturated rings. The molecule has 0 aliphatic carbocycles. The Morgan fingerprint density at radius 3 is 2.43 bits per heavy atom. The van der Waals surface area contributed by atoms with Gasteiger partial charge in [-0.1, -0.05) is 6.92 Å². The van der Waals surface area contributed by atoms with Crippen LogP contribution >= 0.6 is 0 Å². The van der Waals surface area contributed by atoms with Crippen molar-refractivity contribution in [3.63, 3.8) is 0 Å². The van der Waals surface area contributed by atoms with E-state index < -0.39 is 0 Å². The van der Waals surface area contributed by atoms with Gasteiger partial charge in [0, 0.05) is 13.0 Å². The number of carbonyl (C=O) groups excluding carboxylic acids is 2. The Morgan fingerprint density at radius 2 is 2.29 bits per heavy atom. The monoisotopic (exact) mass is 202 g/mol. The lowest BCUT2D eigenvalue weighted by Gasteiger charge is -1.93. The SMILES string of the molecule is CCOC(=O)CC.NC1CCNC1=O. The van der Waals surface area contributed by atoms with Crippen LogP contribution < -0.4 is 11.1 Å².